The Bertz CT molecular complexity index is 173. The van der Waals surface area contributed by atoms with Gasteiger partial charge in [0.2, 0.25) is 0 Å². The van der Waals surface area contributed by atoms with Crippen molar-refractivity contribution in [3.8, 4) is 0 Å². The Labute approximate surface area is 87.4 Å². The number of ether oxygens (including phenoxy) is 1. The van der Waals surface area contributed by atoms with Crippen molar-refractivity contribution in [2.24, 2.45) is 5.84 Å². The fourth-order valence-electron chi connectivity index (χ4n) is 1.04. The Morgan fingerprint density at radius 3 is 2.60 bits per heavy atom. The molecule has 0 aromatic carbocycles. The second kappa shape index (κ2) is 7.67. The van der Waals surface area contributed by atoms with Crippen molar-refractivity contribution in [3.05, 3.63) is 12.7 Å². The van der Waals surface area contributed by atoms with Crippen molar-refractivity contribution in [1.29, 1.82) is 0 Å². The van der Waals surface area contributed by atoms with E-state index < -0.39 is 12.8 Å². The fraction of sp³-hybridized carbons (Fsp3) is 0.778. The van der Waals surface area contributed by atoms with Crippen LogP contribution in [-0.4, -0.2) is 25.4 Å². The summed E-state index contributed by atoms with van der Waals surface area (Å²) in [5.74, 6) is 5.17. The van der Waals surface area contributed by atoms with E-state index in [1.807, 2.05) is 0 Å². The Kier molecular flexibility index (Phi) is 7.37. The zero-order valence-electron chi connectivity index (χ0n) is 8.52. The second-order valence-electron chi connectivity index (χ2n) is 3.21. The van der Waals surface area contributed by atoms with Gasteiger partial charge in [-0.25, -0.2) is 0 Å². The molecule has 0 rings (SSSR count). The summed E-state index contributed by atoms with van der Waals surface area (Å²) in [5, 5.41) is 0. The zero-order valence-corrected chi connectivity index (χ0v) is 8.52. The first-order valence-corrected chi connectivity index (χ1v) is 4.71. The number of nitrogens with one attached hydrogen (secondary N) is 1. The van der Waals surface area contributed by atoms with Crippen LogP contribution in [0.2, 0.25) is 0 Å². The third kappa shape index (κ3) is 9.71. The Hall–Kier alpha value is -0.590. The summed E-state index contributed by atoms with van der Waals surface area (Å²) in [4.78, 5) is 0. The van der Waals surface area contributed by atoms with E-state index in [1.54, 1.807) is 6.08 Å². The normalized spacial score (nSPS) is 13.9. The van der Waals surface area contributed by atoms with E-state index >= 15 is 0 Å². The van der Waals surface area contributed by atoms with Crippen LogP contribution in [0.25, 0.3) is 0 Å². The minimum atomic E-state index is -4.28. The Morgan fingerprint density at radius 1 is 1.47 bits per heavy atom. The molecule has 0 bridgehead atoms. The summed E-state index contributed by atoms with van der Waals surface area (Å²) in [6, 6.07) is -0.243. The second-order valence-corrected chi connectivity index (χ2v) is 3.21. The minimum Gasteiger partial charge on any atom is -0.370 e. The van der Waals surface area contributed by atoms with Crippen molar-refractivity contribution < 1.29 is 17.9 Å². The highest BCUT2D eigenvalue weighted by atomic mass is 19.4. The maximum absolute atomic E-state index is 11.7. The number of allylic oxidation sites excluding steroid dienone is 1. The van der Waals surface area contributed by atoms with Crippen molar-refractivity contribution in [1.82, 2.24) is 5.43 Å². The van der Waals surface area contributed by atoms with E-state index in [0.29, 0.717) is 6.42 Å². The lowest BCUT2D eigenvalue weighted by molar-refractivity contribution is -0.175. The maximum atomic E-state index is 11.7. The lowest BCUT2D eigenvalue weighted by Gasteiger charge is -2.16. The van der Waals surface area contributed by atoms with Crippen LogP contribution in [0.3, 0.4) is 0 Å². The van der Waals surface area contributed by atoms with Gasteiger partial charge in [0.1, 0.15) is 6.61 Å². The number of hydrogen-bond acceptors (Lipinski definition) is 3. The van der Waals surface area contributed by atoms with Crippen molar-refractivity contribution in [2.75, 3.05) is 13.2 Å². The van der Waals surface area contributed by atoms with Gasteiger partial charge in [0.25, 0.3) is 0 Å². The van der Waals surface area contributed by atoms with Gasteiger partial charge in [0.15, 0.2) is 0 Å². The molecule has 0 radical (unpaired) electrons. The van der Waals surface area contributed by atoms with E-state index in [-0.39, 0.29) is 12.6 Å². The van der Waals surface area contributed by atoms with Crippen LogP contribution in [0.4, 0.5) is 13.2 Å². The average molecular weight is 226 g/mol. The predicted octanol–water partition coefficient (Wildman–Crippen LogP) is 1.75. The topological polar surface area (TPSA) is 47.3 Å². The van der Waals surface area contributed by atoms with Gasteiger partial charge in [-0.05, 0) is 19.3 Å². The molecule has 0 aliphatic carbocycles. The van der Waals surface area contributed by atoms with E-state index in [2.05, 4.69) is 16.7 Å². The molecule has 3 N–H and O–H groups in total. The smallest absolute Gasteiger partial charge is 0.370 e. The first-order chi connectivity index (χ1) is 6.99. The van der Waals surface area contributed by atoms with Gasteiger partial charge in [0, 0.05) is 6.04 Å². The van der Waals surface area contributed by atoms with Gasteiger partial charge >= 0.3 is 6.18 Å². The highest BCUT2D eigenvalue weighted by Gasteiger charge is 2.27. The van der Waals surface area contributed by atoms with Gasteiger partial charge in [-0.15, -0.1) is 6.58 Å². The van der Waals surface area contributed by atoms with Gasteiger partial charge in [0.05, 0.1) is 6.61 Å². The molecule has 0 saturated heterocycles. The predicted molar refractivity (Wildman–Crippen MR) is 52.0 cm³/mol. The largest absolute Gasteiger partial charge is 0.411 e. The van der Waals surface area contributed by atoms with E-state index in [1.165, 1.54) is 0 Å². The SMILES string of the molecule is C=CCCCC(COCC(F)(F)F)NN. The summed E-state index contributed by atoms with van der Waals surface area (Å²) in [5.41, 5.74) is 2.42. The van der Waals surface area contributed by atoms with Crippen LogP contribution in [0.5, 0.6) is 0 Å². The zero-order chi connectivity index (χ0) is 11.7. The summed E-state index contributed by atoms with van der Waals surface area (Å²) in [7, 11) is 0. The number of nitrogens with two attached hydrogens (primary N) is 1. The van der Waals surface area contributed by atoms with Crippen LogP contribution in [0.1, 0.15) is 19.3 Å². The molecule has 0 saturated carbocycles. The molecule has 0 amide bonds. The molecule has 1 unspecified atom stereocenters. The maximum Gasteiger partial charge on any atom is 0.411 e. The third-order valence-electron chi connectivity index (χ3n) is 1.78. The van der Waals surface area contributed by atoms with E-state index in [4.69, 9.17) is 5.84 Å². The number of hydrazine groups is 1. The van der Waals surface area contributed by atoms with Gasteiger partial charge < -0.3 is 4.74 Å². The monoisotopic (exact) mass is 226 g/mol. The summed E-state index contributed by atoms with van der Waals surface area (Å²) in [6.07, 6.45) is -0.212. The summed E-state index contributed by atoms with van der Waals surface area (Å²) < 4.78 is 39.7. The number of hydrogen-bond donors (Lipinski definition) is 2. The molecular formula is C9H17F3N2O. The van der Waals surface area contributed by atoms with Crippen LogP contribution in [0, 0.1) is 0 Å². The van der Waals surface area contributed by atoms with Crippen molar-refractivity contribution in [2.45, 2.75) is 31.5 Å². The van der Waals surface area contributed by atoms with Crippen LogP contribution in [-0.2, 0) is 4.74 Å². The number of alkyl halides is 3. The molecular weight excluding hydrogens is 209 g/mol. The Balaban J connectivity index is 3.56. The third-order valence-corrected chi connectivity index (χ3v) is 1.78. The van der Waals surface area contributed by atoms with E-state index in [0.717, 1.165) is 12.8 Å². The molecule has 0 aromatic rings. The minimum absolute atomic E-state index is 0.0346. The fourth-order valence-corrected chi connectivity index (χ4v) is 1.04. The molecule has 6 heteroatoms. The standard InChI is InChI=1S/C9H17F3N2O/c1-2-3-4-5-8(14-13)6-15-7-9(10,11)12/h2,8,14H,1,3-7,13H2. The average Bonchev–Trinajstić information content (AvgIpc) is 2.14. The molecule has 15 heavy (non-hydrogen) atoms. The molecule has 0 spiro atoms. The number of halogens is 3. The highest BCUT2D eigenvalue weighted by molar-refractivity contribution is 4.69. The number of unbranched alkanes of at least 4 members (excludes halogenated alkanes) is 1. The lowest BCUT2D eigenvalue weighted by Crippen LogP contribution is -2.39. The van der Waals surface area contributed by atoms with Gasteiger partial charge in [-0.3, -0.25) is 11.3 Å². The van der Waals surface area contributed by atoms with Crippen LogP contribution >= 0.6 is 0 Å². The highest BCUT2D eigenvalue weighted by Crippen LogP contribution is 2.14. The molecule has 0 aliphatic heterocycles. The molecule has 0 aromatic heterocycles. The molecule has 3 nitrogen and oxygen atoms in total. The molecule has 0 aliphatic rings. The van der Waals surface area contributed by atoms with Crippen LogP contribution in [0.15, 0.2) is 12.7 Å². The first-order valence-electron chi connectivity index (χ1n) is 4.71. The summed E-state index contributed by atoms with van der Waals surface area (Å²) >= 11 is 0. The van der Waals surface area contributed by atoms with E-state index in [9.17, 15) is 13.2 Å². The molecule has 1 atom stereocenters. The van der Waals surface area contributed by atoms with Crippen LogP contribution < -0.4 is 11.3 Å². The Morgan fingerprint density at radius 2 is 2.13 bits per heavy atom. The van der Waals surface area contributed by atoms with Gasteiger partial charge in [-0.2, -0.15) is 13.2 Å². The molecule has 90 valence electrons. The lowest BCUT2D eigenvalue weighted by atomic mass is 10.1. The summed E-state index contributed by atoms with van der Waals surface area (Å²) in [6.45, 7) is 2.28. The molecule has 0 heterocycles. The quantitative estimate of drug-likeness (QED) is 0.287. The van der Waals surface area contributed by atoms with Crippen molar-refractivity contribution in [3.63, 3.8) is 0 Å². The number of rotatable bonds is 8. The van der Waals surface area contributed by atoms with Crippen molar-refractivity contribution >= 4 is 0 Å². The first kappa shape index (κ1) is 14.4. The van der Waals surface area contributed by atoms with Gasteiger partial charge in [-0.1, -0.05) is 6.08 Å². The molecule has 0 fully saturated rings.